The van der Waals surface area contributed by atoms with Gasteiger partial charge in [-0.3, -0.25) is 4.79 Å². The lowest BCUT2D eigenvalue weighted by Gasteiger charge is -2.25. The molecule has 0 saturated carbocycles. The quantitative estimate of drug-likeness (QED) is 0.572. The first-order valence-electron chi connectivity index (χ1n) is 9.83. The van der Waals surface area contributed by atoms with Crippen molar-refractivity contribution < 1.29 is 14.3 Å². The van der Waals surface area contributed by atoms with Crippen LogP contribution in [0, 0.1) is 6.92 Å². The fourth-order valence-corrected chi connectivity index (χ4v) is 4.70. The summed E-state index contributed by atoms with van der Waals surface area (Å²) < 4.78 is 10.7. The second-order valence-electron chi connectivity index (χ2n) is 7.20. The number of nitrogens with zero attached hydrogens (tertiary/aromatic N) is 4. The number of hydrogen-bond donors (Lipinski definition) is 0. The minimum absolute atomic E-state index is 0.0680. The molecule has 0 spiro atoms. The minimum Gasteiger partial charge on any atom is -0.480 e. The maximum absolute atomic E-state index is 12.9. The number of ketones is 1. The highest BCUT2D eigenvalue weighted by atomic mass is 35.5. The van der Waals surface area contributed by atoms with E-state index in [9.17, 15) is 4.79 Å². The van der Waals surface area contributed by atoms with Gasteiger partial charge >= 0.3 is 0 Å². The van der Waals surface area contributed by atoms with Crippen molar-refractivity contribution in [1.82, 2.24) is 15.0 Å². The van der Waals surface area contributed by atoms with Gasteiger partial charge in [-0.25, -0.2) is 15.0 Å². The number of fused-ring (bicyclic) bond motifs is 1. The number of methoxy groups -OCH3 is 1. The molecule has 3 aromatic rings. The Balaban J connectivity index is 1.62. The van der Waals surface area contributed by atoms with E-state index in [4.69, 9.17) is 26.1 Å². The van der Waals surface area contributed by atoms with Crippen molar-refractivity contribution in [2.24, 2.45) is 0 Å². The SMILES string of the molecule is COc1ncc(CC(=O)Cc2cnc3sc(C)nc3c2N2CCCOCC2)cc1Cl. The second kappa shape index (κ2) is 9.24. The standard InChI is InChI=1S/C21H23ClN4O3S/c1-13-25-18-19(26-4-3-6-29-7-5-26)15(12-24-21(18)30-13)10-16(27)8-14-9-17(22)20(28-2)23-11-14/h9,11-12H,3-8,10H2,1-2H3. The van der Waals surface area contributed by atoms with Gasteiger partial charge < -0.3 is 14.4 Å². The summed E-state index contributed by atoms with van der Waals surface area (Å²) in [5.74, 6) is 0.422. The summed E-state index contributed by atoms with van der Waals surface area (Å²) in [5, 5.41) is 1.36. The molecule has 1 fully saturated rings. The van der Waals surface area contributed by atoms with Gasteiger partial charge in [-0.05, 0) is 25.0 Å². The van der Waals surface area contributed by atoms with E-state index in [0.717, 1.165) is 58.3 Å². The minimum atomic E-state index is 0.0680. The molecule has 0 unspecified atom stereocenters. The van der Waals surface area contributed by atoms with Gasteiger partial charge in [-0.15, -0.1) is 0 Å². The Morgan fingerprint density at radius 3 is 2.93 bits per heavy atom. The lowest BCUT2D eigenvalue weighted by Crippen LogP contribution is -2.28. The predicted octanol–water partition coefficient (Wildman–Crippen LogP) is 3.64. The number of carbonyl (C=O) groups is 1. The number of anilines is 1. The van der Waals surface area contributed by atoms with Gasteiger partial charge in [0.15, 0.2) is 0 Å². The third-order valence-corrected chi connectivity index (χ3v) is 6.12. The van der Waals surface area contributed by atoms with Gasteiger partial charge in [0, 0.05) is 50.5 Å². The van der Waals surface area contributed by atoms with Crippen molar-refractivity contribution in [3.63, 3.8) is 0 Å². The summed E-state index contributed by atoms with van der Waals surface area (Å²) in [7, 11) is 1.51. The Labute approximate surface area is 184 Å². The maximum atomic E-state index is 12.9. The number of halogens is 1. The average molecular weight is 447 g/mol. The number of aromatic nitrogens is 3. The van der Waals surface area contributed by atoms with Gasteiger partial charge in [0.1, 0.15) is 21.2 Å². The lowest BCUT2D eigenvalue weighted by atomic mass is 10.0. The number of aryl methyl sites for hydroxylation is 1. The van der Waals surface area contributed by atoms with Crippen molar-refractivity contribution >= 4 is 44.8 Å². The van der Waals surface area contributed by atoms with Crippen molar-refractivity contribution in [1.29, 1.82) is 0 Å². The van der Waals surface area contributed by atoms with Crippen LogP contribution in [0.5, 0.6) is 5.88 Å². The zero-order chi connectivity index (χ0) is 21.1. The van der Waals surface area contributed by atoms with Crippen LogP contribution in [0.4, 0.5) is 5.69 Å². The Hall–Kier alpha value is -2.29. The first kappa shape index (κ1) is 21.0. The highest BCUT2D eigenvalue weighted by Gasteiger charge is 2.22. The number of carbonyl (C=O) groups excluding carboxylic acids is 1. The Bertz CT molecular complexity index is 1060. The molecule has 3 aromatic heterocycles. The van der Waals surface area contributed by atoms with Crippen LogP contribution in [0.3, 0.4) is 0 Å². The normalized spacial score (nSPS) is 14.7. The molecule has 0 amide bonds. The largest absolute Gasteiger partial charge is 0.480 e. The second-order valence-corrected chi connectivity index (χ2v) is 8.79. The predicted molar refractivity (Wildman–Crippen MR) is 118 cm³/mol. The molecule has 0 aromatic carbocycles. The Morgan fingerprint density at radius 2 is 2.13 bits per heavy atom. The van der Waals surface area contributed by atoms with E-state index in [1.54, 1.807) is 23.6 Å². The molecule has 7 nitrogen and oxygen atoms in total. The van der Waals surface area contributed by atoms with Gasteiger partial charge in [0.2, 0.25) is 5.88 Å². The maximum Gasteiger partial charge on any atom is 0.232 e. The summed E-state index contributed by atoms with van der Waals surface area (Å²) >= 11 is 7.72. The van der Waals surface area contributed by atoms with Crippen molar-refractivity contribution in [3.8, 4) is 5.88 Å². The third-order valence-electron chi connectivity index (χ3n) is 4.97. The first-order chi connectivity index (χ1) is 14.5. The molecule has 1 aliphatic rings. The summed E-state index contributed by atoms with van der Waals surface area (Å²) in [6.45, 7) is 5.04. The molecule has 0 bridgehead atoms. The Morgan fingerprint density at radius 1 is 1.27 bits per heavy atom. The molecule has 0 aliphatic carbocycles. The number of pyridine rings is 2. The van der Waals surface area contributed by atoms with Crippen molar-refractivity contribution in [2.45, 2.75) is 26.2 Å². The van der Waals surface area contributed by atoms with Crippen LogP contribution >= 0.6 is 22.9 Å². The van der Waals surface area contributed by atoms with E-state index >= 15 is 0 Å². The third kappa shape index (κ3) is 4.55. The number of thiazole rings is 1. The molecule has 4 rings (SSSR count). The molecule has 1 aliphatic heterocycles. The average Bonchev–Trinajstić information content (AvgIpc) is 2.91. The smallest absolute Gasteiger partial charge is 0.232 e. The first-order valence-corrected chi connectivity index (χ1v) is 11.0. The van der Waals surface area contributed by atoms with Crippen LogP contribution < -0.4 is 9.64 Å². The van der Waals surface area contributed by atoms with Crippen LogP contribution in [-0.2, 0) is 22.4 Å². The molecule has 0 N–H and O–H groups in total. The molecular formula is C21H23ClN4O3S. The number of ether oxygens (including phenoxy) is 2. The highest BCUT2D eigenvalue weighted by molar-refractivity contribution is 7.18. The molecule has 0 radical (unpaired) electrons. The van der Waals surface area contributed by atoms with Gasteiger partial charge in [-0.2, -0.15) is 0 Å². The lowest BCUT2D eigenvalue weighted by molar-refractivity contribution is -0.117. The summed E-state index contributed by atoms with van der Waals surface area (Å²) in [5.41, 5.74) is 3.54. The molecule has 158 valence electrons. The zero-order valence-electron chi connectivity index (χ0n) is 17.0. The van der Waals surface area contributed by atoms with Crippen molar-refractivity contribution in [2.75, 3.05) is 38.3 Å². The van der Waals surface area contributed by atoms with Crippen LogP contribution in [0.15, 0.2) is 18.5 Å². The summed E-state index contributed by atoms with van der Waals surface area (Å²) in [4.78, 5) is 29.5. The van der Waals surface area contributed by atoms with E-state index in [1.807, 2.05) is 13.1 Å². The number of hydrogen-bond acceptors (Lipinski definition) is 8. The fourth-order valence-electron chi connectivity index (χ4n) is 3.67. The Kier molecular flexibility index (Phi) is 6.46. The molecule has 0 atom stereocenters. The van der Waals surface area contributed by atoms with E-state index in [0.29, 0.717) is 17.5 Å². The van der Waals surface area contributed by atoms with Gasteiger partial charge in [0.25, 0.3) is 0 Å². The molecule has 9 heteroatoms. The van der Waals surface area contributed by atoms with E-state index < -0.39 is 0 Å². The van der Waals surface area contributed by atoms with Gasteiger partial charge in [-0.1, -0.05) is 22.9 Å². The summed E-state index contributed by atoms with van der Waals surface area (Å²) in [6, 6.07) is 1.73. The molecule has 1 saturated heterocycles. The molecular weight excluding hydrogens is 424 g/mol. The fraction of sp³-hybridized carbons (Fsp3) is 0.429. The number of Topliss-reactive ketones (excluding diaryl/α,β-unsaturated/α-hetero) is 1. The van der Waals surface area contributed by atoms with Crippen LogP contribution in [0.25, 0.3) is 10.3 Å². The van der Waals surface area contributed by atoms with Crippen LogP contribution in [0.1, 0.15) is 22.6 Å². The highest BCUT2D eigenvalue weighted by Crippen LogP contribution is 2.33. The zero-order valence-corrected chi connectivity index (χ0v) is 18.6. The summed E-state index contributed by atoms with van der Waals surface area (Å²) in [6.07, 6.45) is 4.90. The molecule has 30 heavy (non-hydrogen) atoms. The van der Waals surface area contributed by atoms with Crippen LogP contribution in [-0.4, -0.2) is 54.1 Å². The molecule has 4 heterocycles. The van der Waals surface area contributed by atoms with Crippen molar-refractivity contribution in [3.05, 3.63) is 39.6 Å². The topological polar surface area (TPSA) is 77.4 Å². The van der Waals surface area contributed by atoms with Crippen LogP contribution in [0.2, 0.25) is 5.02 Å². The monoisotopic (exact) mass is 446 g/mol. The van der Waals surface area contributed by atoms with E-state index in [1.165, 1.54) is 7.11 Å². The van der Waals surface area contributed by atoms with Gasteiger partial charge in [0.05, 0.1) is 24.4 Å². The number of rotatable bonds is 6. The van der Waals surface area contributed by atoms with E-state index in [-0.39, 0.29) is 18.6 Å². The van der Waals surface area contributed by atoms with E-state index in [2.05, 4.69) is 14.9 Å².